The Morgan fingerprint density at radius 3 is 2.00 bits per heavy atom. The summed E-state index contributed by atoms with van der Waals surface area (Å²) in [6.45, 7) is 1.04. The predicted octanol–water partition coefficient (Wildman–Crippen LogP) is 4.18. The van der Waals surface area contributed by atoms with Crippen molar-refractivity contribution in [1.29, 1.82) is 0 Å². The zero-order chi connectivity index (χ0) is 13.8. The number of para-hydroxylation sites is 4. The minimum atomic E-state index is 0.220. The third kappa shape index (κ3) is 2.54. The van der Waals surface area contributed by atoms with Gasteiger partial charge in [-0.2, -0.15) is 0 Å². The minimum Gasteiger partial charge on any atom is -0.455 e. The van der Waals surface area contributed by atoms with E-state index < -0.39 is 0 Å². The zero-order valence-electron chi connectivity index (χ0n) is 11.1. The molecule has 104 valence electrons. The van der Waals surface area contributed by atoms with Gasteiger partial charge in [-0.25, -0.2) is 0 Å². The molecule has 1 heterocycles. The summed E-state index contributed by atoms with van der Waals surface area (Å²) in [5, 5.41) is 0. The van der Waals surface area contributed by atoms with E-state index in [2.05, 4.69) is 17.0 Å². The molecule has 0 unspecified atom stereocenters. The molecule has 1 aliphatic heterocycles. The van der Waals surface area contributed by atoms with E-state index in [1.165, 1.54) is 0 Å². The highest BCUT2D eigenvalue weighted by atomic mass is 35.5. The van der Waals surface area contributed by atoms with E-state index in [9.17, 15) is 0 Å². The number of hydrogen-bond donors (Lipinski definition) is 0. The molecule has 0 atom stereocenters. The van der Waals surface area contributed by atoms with Crippen LogP contribution in [-0.2, 0) is 0 Å². The van der Waals surface area contributed by atoms with Gasteiger partial charge in [0.25, 0.3) is 0 Å². The highest BCUT2D eigenvalue weighted by molar-refractivity contribution is 6.17. The Balaban J connectivity index is 2.08. The number of nitrogens with zero attached hydrogens (tertiary/aromatic N) is 1. The topological polar surface area (TPSA) is 21.7 Å². The van der Waals surface area contributed by atoms with Crippen molar-refractivity contribution in [3.05, 3.63) is 48.5 Å². The van der Waals surface area contributed by atoms with Gasteiger partial charge in [0.2, 0.25) is 6.79 Å². The molecule has 0 aromatic heterocycles. The van der Waals surface area contributed by atoms with Crippen LogP contribution < -0.4 is 14.4 Å². The molecule has 0 fully saturated rings. The van der Waals surface area contributed by atoms with Crippen molar-refractivity contribution in [2.75, 3.05) is 24.1 Å². The normalized spacial score (nSPS) is 13.3. The van der Waals surface area contributed by atoms with E-state index in [1.807, 2.05) is 36.4 Å². The van der Waals surface area contributed by atoms with Gasteiger partial charge in [0.05, 0.1) is 11.4 Å². The quantitative estimate of drug-likeness (QED) is 0.791. The molecular formula is C16H16ClNO2. The number of halogens is 1. The molecule has 3 rings (SSSR count). The Hall–Kier alpha value is -1.87. The molecule has 2 aromatic rings. The molecule has 4 heteroatoms. The maximum absolute atomic E-state index is 5.86. The van der Waals surface area contributed by atoms with Crippen molar-refractivity contribution in [3.63, 3.8) is 0 Å². The number of benzene rings is 2. The van der Waals surface area contributed by atoms with Gasteiger partial charge in [-0.1, -0.05) is 24.3 Å². The molecule has 3 nitrogen and oxygen atoms in total. The van der Waals surface area contributed by atoms with Crippen molar-refractivity contribution >= 4 is 23.0 Å². The Kier molecular flexibility index (Phi) is 3.97. The third-order valence-corrected chi connectivity index (χ3v) is 3.52. The summed E-state index contributed by atoms with van der Waals surface area (Å²) in [5.74, 6) is 2.29. The molecule has 0 bridgehead atoms. The van der Waals surface area contributed by atoms with E-state index in [4.69, 9.17) is 21.1 Å². The van der Waals surface area contributed by atoms with Gasteiger partial charge >= 0.3 is 0 Å². The Morgan fingerprint density at radius 2 is 1.45 bits per heavy atom. The number of alkyl halides is 1. The Bertz CT molecular complexity index is 541. The monoisotopic (exact) mass is 289 g/mol. The third-order valence-electron chi connectivity index (χ3n) is 3.26. The average molecular weight is 290 g/mol. The minimum absolute atomic E-state index is 0.220. The number of anilines is 2. The Morgan fingerprint density at radius 1 is 0.900 bits per heavy atom. The highest BCUT2D eigenvalue weighted by Crippen LogP contribution is 2.40. The molecule has 0 saturated carbocycles. The van der Waals surface area contributed by atoms with Crippen molar-refractivity contribution in [2.45, 2.75) is 6.42 Å². The maximum atomic E-state index is 5.86. The van der Waals surface area contributed by atoms with Crippen LogP contribution in [-0.4, -0.2) is 19.2 Å². The standard InChI is InChI=1S/C16H16ClNO2/c17-10-5-11-18-13-6-1-3-8-15(13)19-12-20-16-9-4-2-7-14(16)18/h1-4,6-9H,5,10-12H2. The first-order valence-electron chi connectivity index (χ1n) is 6.67. The van der Waals surface area contributed by atoms with Gasteiger partial charge in [-0.15, -0.1) is 11.6 Å². The fraction of sp³-hybridized carbons (Fsp3) is 0.250. The molecule has 0 aliphatic carbocycles. The van der Waals surface area contributed by atoms with E-state index in [0.29, 0.717) is 5.88 Å². The van der Waals surface area contributed by atoms with Crippen LogP contribution in [0.25, 0.3) is 0 Å². The fourth-order valence-electron chi connectivity index (χ4n) is 2.35. The first-order valence-corrected chi connectivity index (χ1v) is 7.21. The zero-order valence-corrected chi connectivity index (χ0v) is 11.8. The SMILES string of the molecule is ClCCCN1c2ccccc2OCOc2ccccc21. The van der Waals surface area contributed by atoms with Crippen LogP contribution in [0.5, 0.6) is 11.5 Å². The summed E-state index contributed by atoms with van der Waals surface area (Å²) in [6.07, 6.45) is 0.893. The van der Waals surface area contributed by atoms with Crippen LogP contribution in [0.15, 0.2) is 48.5 Å². The van der Waals surface area contributed by atoms with E-state index in [-0.39, 0.29) is 6.79 Å². The van der Waals surface area contributed by atoms with Crippen molar-refractivity contribution in [1.82, 2.24) is 0 Å². The molecule has 0 radical (unpaired) electrons. The van der Waals surface area contributed by atoms with Crippen molar-refractivity contribution < 1.29 is 9.47 Å². The molecule has 0 saturated heterocycles. The highest BCUT2D eigenvalue weighted by Gasteiger charge is 2.19. The Labute approximate surface area is 123 Å². The van der Waals surface area contributed by atoms with Crippen molar-refractivity contribution in [2.24, 2.45) is 0 Å². The van der Waals surface area contributed by atoms with Gasteiger partial charge in [0.15, 0.2) is 0 Å². The van der Waals surface area contributed by atoms with Crippen LogP contribution in [0, 0.1) is 0 Å². The van der Waals surface area contributed by atoms with Crippen LogP contribution >= 0.6 is 11.6 Å². The summed E-state index contributed by atoms with van der Waals surface area (Å²) in [4.78, 5) is 2.20. The lowest BCUT2D eigenvalue weighted by Crippen LogP contribution is -2.23. The summed E-state index contributed by atoms with van der Waals surface area (Å²) >= 11 is 5.86. The first kappa shape index (κ1) is 13.1. The van der Waals surface area contributed by atoms with E-state index in [1.54, 1.807) is 0 Å². The van der Waals surface area contributed by atoms with Gasteiger partial charge in [-0.05, 0) is 30.7 Å². The maximum Gasteiger partial charge on any atom is 0.231 e. The van der Waals surface area contributed by atoms with Crippen molar-refractivity contribution in [3.8, 4) is 11.5 Å². The molecule has 0 N–H and O–H groups in total. The van der Waals surface area contributed by atoms with Gasteiger partial charge < -0.3 is 14.4 Å². The van der Waals surface area contributed by atoms with Gasteiger partial charge in [0.1, 0.15) is 11.5 Å². The molecule has 0 spiro atoms. The molecule has 2 aromatic carbocycles. The summed E-state index contributed by atoms with van der Waals surface area (Å²) in [7, 11) is 0. The second-order valence-electron chi connectivity index (χ2n) is 4.54. The summed E-state index contributed by atoms with van der Waals surface area (Å²) in [6, 6.07) is 16.0. The van der Waals surface area contributed by atoms with E-state index in [0.717, 1.165) is 35.8 Å². The lowest BCUT2D eigenvalue weighted by atomic mass is 10.2. The second kappa shape index (κ2) is 6.06. The van der Waals surface area contributed by atoms with Crippen LogP contribution in [0.2, 0.25) is 0 Å². The largest absolute Gasteiger partial charge is 0.455 e. The summed E-state index contributed by atoms with van der Waals surface area (Å²) < 4.78 is 11.4. The lowest BCUT2D eigenvalue weighted by molar-refractivity contribution is 0.119. The smallest absolute Gasteiger partial charge is 0.231 e. The first-order chi connectivity index (χ1) is 9.90. The van der Waals surface area contributed by atoms with Crippen LogP contribution in [0.4, 0.5) is 11.4 Å². The second-order valence-corrected chi connectivity index (χ2v) is 4.91. The number of hydrogen-bond acceptors (Lipinski definition) is 3. The fourth-order valence-corrected chi connectivity index (χ4v) is 2.47. The van der Waals surface area contributed by atoms with Gasteiger partial charge in [-0.3, -0.25) is 0 Å². The number of ether oxygens (including phenoxy) is 2. The van der Waals surface area contributed by atoms with Crippen LogP contribution in [0.1, 0.15) is 6.42 Å². The molecule has 20 heavy (non-hydrogen) atoms. The van der Waals surface area contributed by atoms with E-state index >= 15 is 0 Å². The average Bonchev–Trinajstić information content (AvgIpc) is 2.48. The molecule has 1 aliphatic rings. The van der Waals surface area contributed by atoms with Gasteiger partial charge in [0, 0.05) is 12.4 Å². The number of rotatable bonds is 3. The predicted molar refractivity (Wildman–Crippen MR) is 81.4 cm³/mol. The lowest BCUT2D eigenvalue weighted by Gasteiger charge is -2.30. The molecular weight excluding hydrogens is 274 g/mol. The molecule has 0 amide bonds. The number of fused-ring (bicyclic) bond motifs is 2. The van der Waals surface area contributed by atoms with Crippen LogP contribution in [0.3, 0.4) is 0 Å². The summed E-state index contributed by atoms with van der Waals surface area (Å²) in [5.41, 5.74) is 2.10.